The summed E-state index contributed by atoms with van der Waals surface area (Å²) in [5.74, 6) is 1.62. The molecule has 0 aliphatic carbocycles. The van der Waals surface area contributed by atoms with Gasteiger partial charge in [0.25, 0.3) is 0 Å². The van der Waals surface area contributed by atoms with E-state index in [9.17, 15) is 0 Å². The number of hydrogen-bond donors (Lipinski definition) is 0. The summed E-state index contributed by atoms with van der Waals surface area (Å²) in [5.41, 5.74) is 1.90. The summed E-state index contributed by atoms with van der Waals surface area (Å²) in [6.45, 7) is 1.98. The number of aromatic nitrogens is 1. The number of benzene rings is 2. The molecule has 1 heterocycles. The largest absolute Gasteiger partial charge is 0.455 e. The monoisotopic (exact) mass is 235 g/mol. The van der Waals surface area contributed by atoms with Gasteiger partial charge in [-0.25, -0.2) is 4.98 Å². The van der Waals surface area contributed by atoms with E-state index in [4.69, 9.17) is 4.74 Å². The third-order valence-electron chi connectivity index (χ3n) is 2.79. The highest BCUT2D eigenvalue weighted by Gasteiger charge is 2.04. The van der Waals surface area contributed by atoms with Crippen LogP contribution < -0.4 is 4.74 Å². The van der Waals surface area contributed by atoms with Crippen LogP contribution in [0, 0.1) is 6.92 Å². The molecule has 0 saturated heterocycles. The van der Waals surface area contributed by atoms with Crippen molar-refractivity contribution in [2.24, 2.45) is 0 Å². The zero-order chi connectivity index (χ0) is 12.4. The second-order valence-corrected chi connectivity index (χ2v) is 4.20. The maximum Gasteiger partial charge on any atom is 0.153 e. The van der Waals surface area contributed by atoms with Crippen molar-refractivity contribution in [3.8, 4) is 11.5 Å². The molecule has 0 radical (unpaired) electrons. The summed E-state index contributed by atoms with van der Waals surface area (Å²) in [4.78, 5) is 4.55. The number of ether oxygens (including phenoxy) is 1. The Balaban J connectivity index is 2.09. The summed E-state index contributed by atoms with van der Waals surface area (Å²) in [5, 5.41) is 1.09. The summed E-state index contributed by atoms with van der Waals surface area (Å²) in [7, 11) is 0. The summed E-state index contributed by atoms with van der Waals surface area (Å²) in [6, 6.07) is 19.8. The van der Waals surface area contributed by atoms with Gasteiger partial charge in [0.05, 0.1) is 0 Å². The van der Waals surface area contributed by atoms with E-state index < -0.39 is 0 Å². The Morgan fingerprint density at radius 2 is 1.67 bits per heavy atom. The fraction of sp³-hybridized carbons (Fsp3) is 0.0625. The van der Waals surface area contributed by atoms with Crippen molar-refractivity contribution in [2.75, 3.05) is 0 Å². The van der Waals surface area contributed by atoms with Gasteiger partial charge in [0, 0.05) is 11.1 Å². The Morgan fingerprint density at radius 1 is 0.833 bits per heavy atom. The number of pyridine rings is 1. The number of aryl methyl sites for hydroxylation is 1. The van der Waals surface area contributed by atoms with Crippen LogP contribution in [0.1, 0.15) is 5.69 Å². The van der Waals surface area contributed by atoms with Crippen LogP contribution in [0.15, 0.2) is 60.7 Å². The van der Waals surface area contributed by atoms with Crippen LogP contribution in [0.3, 0.4) is 0 Å². The molecular weight excluding hydrogens is 222 g/mol. The first-order valence-corrected chi connectivity index (χ1v) is 5.92. The van der Waals surface area contributed by atoms with E-state index in [0.717, 1.165) is 28.1 Å². The van der Waals surface area contributed by atoms with Gasteiger partial charge in [-0.2, -0.15) is 0 Å². The first-order chi connectivity index (χ1) is 8.83. The first-order valence-electron chi connectivity index (χ1n) is 5.92. The lowest BCUT2D eigenvalue weighted by atomic mass is 10.2. The zero-order valence-electron chi connectivity index (χ0n) is 10.1. The van der Waals surface area contributed by atoms with E-state index >= 15 is 0 Å². The van der Waals surface area contributed by atoms with E-state index in [1.54, 1.807) is 0 Å². The van der Waals surface area contributed by atoms with Crippen molar-refractivity contribution in [3.05, 3.63) is 66.4 Å². The van der Waals surface area contributed by atoms with Crippen LogP contribution in [-0.4, -0.2) is 4.98 Å². The normalized spacial score (nSPS) is 10.5. The van der Waals surface area contributed by atoms with Gasteiger partial charge in [0.1, 0.15) is 11.3 Å². The molecular formula is C16H13NO. The predicted octanol–water partition coefficient (Wildman–Crippen LogP) is 4.34. The highest BCUT2D eigenvalue weighted by Crippen LogP contribution is 2.28. The molecule has 2 nitrogen and oxygen atoms in total. The van der Waals surface area contributed by atoms with Crippen LogP contribution in [0.2, 0.25) is 0 Å². The van der Waals surface area contributed by atoms with Gasteiger partial charge >= 0.3 is 0 Å². The van der Waals surface area contributed by atoms with E-state index in [1.807, 2.05) is 61.5 Å². The van der Waals surface area contributed by atoms with Crippen molar-refractivity contribution in [2.45, 2.75) is 6.92 Å². The third-order valence-corrected chi connectivity index (χ3v) is 2.79. The van der Waals surface area contributed by atoms with Gasteiger partial charge in [0.15, 0.2) is 5.75 Å². The van der Waals surface area contributed by atoms with Crippen molar-refractivity contribution < 1.29 is 4.74 Å². The number of nitrogens with zero attached hydrogens (tertiary/aromatic N) is 1. The Bertz CT molecular complexity index is 677. The van der Waals surface area contributed by atoms with Crippen LogP contribution in [-0.2, 0) is 0 Å². The Hall–Kier alpha value is -2.35. The van der Waals surface area contributed by atoms with Crippen LogP contribution in [0.25, 0.3) is 10.9 Å². The lowest BCUT2D eigenvalue weighted by Crippen LogP contribution is -1.89. The predicted molar refractivity (Wildman–Crippen MR) is 73.0 cm³/mol. The van der Waals surface area contributed by atoms with Gasteiger partial charge < -0.3 is 4.74 Å². The number of para-hydroxylation sites is 2. The molecule has 0 fully saturated rings. The molecule has 0 unspecified atom stereocenters. The standard InChI is InChI=1S/C16H13NO/c1-12-10-11-13-6-5-9-15(16(13)17-12)18-14-7-3-2-4-8-14/h2-11H,1H3. The molecule has 3 aromatic rings. The smallest absolute Gasteiger partial charge is 0.153 e. The highest BCUT2D eigenvalue weighted by atomic mass is 16.5. The Kier molecular flexibility index (Phi) is 2.69. The van der Waals surface area contributed by atoms with E-state index in [2.05, 4.69) is 11.1 Å². The molecule has 18 heavy (non-hydrogen) atoms. The minimum Gasteiger partial charge on any atom is -0.455 e. The molecule has 0 bridgehead atoms. The minimum atomic E-state index is 0.794. The van der Waals surface area contributed by atoms with Crippen molar-refractivity contribution >= 4 is 10.9 Å². The molecule has 2 heteroatoms. The SMILES string of the molecule is Cc1ccc2cccc(Oc3ccccc3)c2n1. The average Bonchev–Trinajstić information content (AvgIpc) is 2.41. The van der Waals surface area contributed by atoms with Crippen molar-refractivity contribution in [1.82, 2.24) is 4.98 Å². The molecule has 0 spiro atoms. The number of hydrogen-bond acceptors (Lipinski definition) is 2. The molecule has 3 rings (SSSR count). The van der Waals surface area contributed by atoms with Gasteiger partial charge in [-0.1, -0.05) is 36.4 Å². The molecule has 1 aromatic heterocycles. The fourth-order valence-corrected chi connectivity index (χ4v) is 1.92. The van der Waals surface area contributed by atoms with Crippen LogP contribution in [0.5, 0.6) is 11.5 Å². The number of fused-ring (bicyclic) bond motifs is 1. The average molecular weight is 235 g/mol. The highest BCUT2D eigenvalue weighted by molar-refractivity contribution is 5.84. The van der Waals surface area contributed by atoms with E-state index in [1.165, 1.54) is 0 Å². The Morgan fingerprint density at radius 3 is 2.50 bits per heavy atom. The minimum absolute atomic E-state index is 0.794. The molecule has 0 N–H and O–H groups in total. The van der Waals surface area contributed by atoms with Gasteiger partial charge in [-0.15, -0.1) is 0 Å². The van der Waals surface area contributed by atoms with Gasteiger partial charge in [-0.05, 0) is 31.2 Å². The van der Waals surface area contributed by atoms with Gasteiger partial charge in [0.2, 0.25) is 0 Å². The van der Waals surface area contributed by atoms with Crippen LogP contribution in [0.4, 0.5) is 0 Å². The molecule has 0 aliphatic rings. The molecule has 0 aliphatic heterocycles. The molecule has 2 aromatic carbocycles. The Labute approximate surface area is 106 Å². The molecule has 88 valence electrons. The summed E-state index contributed by atoms with van der Waals surface area (Å²) >= 11 is 0. The molecule has 0 amide bonds. The second-order valence-electron chi connectivity index (χ2n) is 4.20. The van der Waals surface area contributed by atoms with Crippen molar-refractivity contribution in [1.29, 1.82) is 0 Å². The number of rotatable bonds is 2. The zero-order valence-corrected chi connectivity index (χ0v) is 10.1. The summed E-state index contributed by atoms with van der Waals surface area (Å²) < 4.78 is 5.88. The topological polar surface area (TPSA) is 22.1 Å². The maximum atomic E-state index is 5.88. The third kappa shape index (κ3) is 2.05. The molecule has 0 saturated carbocycles. The lowest BCUT2D eigenvalue weighted by molar-refractivity contribution is 0.487. The fourth-order valence-electron chi connectivity index (χ4n) is 1.92. The van der Waals surface area contributed by atoms with E-state index in [-0.39, 0.29) is 0 Å². The lowest BCUT2D eigenvalue weighted by Gasteiger charge is -2.08. The quantitative estimate of drug-likeness (QED) is 0.659. The van der Waals surface area contributed by atoms with E-state index in [0.29, 0.717) is 0 Å². The maximum absolute atomic E-state index is 5.88. The second kappa shape index (κ2) is 4.49. The van der Waals surface area contributed by atoms with Gasteiger partial charge in [-0.3, -0.25) is 0 Å². The first kappa shape index (κ1) is 10.8. The van der Waals surface area contributed by atoms with Crippen molar-refractivity contribution in [3.63, 3.8) is 0 Å². The summed E-state index contributed by atoms with van der Waals surface area (Å²) in [6.07, 6.45) is 0. The molecule has 0 atom stereocenters. The van der Waals surface area contributed by atoms with Crippen LogP contribution >= 0.6 is 0 Å².